The molecule has 5 nitrogen and oxygen atoms in total. The summed E-state index contributed by atoms with van der Waals surface area (Å²) < 4.78 is 16.7. The maximum atomic E-state index is 5.78. The second-order valence-electron chi connectivity index (χ2n) is 6.90. The molecule has 0 unspecified atom stereocenters. The van der Waals surface area contributed by atoms with Crippen LogP contribution in [0.3, 0.4) is 0 Å². The summed E-state index contributed by atoms with van der Waals surface area (Å²) in [5.74, 6) is 2.46. The number of ether oxygens (including phenoxy) is 3. The van der Waals surface area contributed by atoms with Gasteiger partial charge in [0.05, 0.1) is 20.8 Å². The van der Waals surface area contributed by atoms with Crippen LogP contribution < -0.4 is 14.2 Å². The molecule has 0 bridgehead atoms. The lowest BCUT2D eigenvalue weighted by Crippen LogP contribution is -2.14. The van der Waals surface area contributed by atoms with Crippen molar-refractivity contribution in [3.8, 4) is 17.2 Å². The van der Waals surface area contributed by atoms with E-state index in [0.717, 1.165) is 54.3 Å². The molecule has 1 aliphatic heterocycles. The van der Waals surface area contributed by atoms with Crippen LogP contribution in [0.5, 0.6) is 17.2 Å². The van der Waals surface area contributed by atoms with E-state index in [0.29, 0.717) is 6.61 Å². The van der Waals surface area contributed by atoms with Crippen LogP contribution in [0.15, 0.2) is 41.5 Å². The Kier molecular flexibility index (Phi) is 5.24. The molecule has 0 saturated heterocycles. The van der Waals surface area contributed by atoms with Gasteiger partial charge >= 0.3 is 0 Å². The molecule has 1 N–H and O–H groups in total. The summed E-state index contributed by atoms with van der Waals surface area (Å²) in [7, 11) is 3.39. The zero-order chi connectivity index (χ0) is 19.5. The van der Waals surface area contributed by atoms with Gasteiger partial charge in [-0.2, -0.15) is 0 Å². The van der Waals surface area contributed by atoms with Gasteiger partial charge in [0.2, 0.25) is 0 Å². The molecule has 0 atom stereocenters. The molecular weight excluding hydrogens is 352 g/mol. The van der Waals surface area contributed by atoms with Crippen molar-refractivity contribution in [2.24, 2.45) is 4.99 Å². The van der Waals surface area contributed by atoms with Crippen molar-refractivity contribution in [3.63, 3.8) is 0 Å². The quantitative estimate of drug-likeness (QED) is 0.656. The molecule has 5 heteroatoms. The predicted molar refractivity (Wildman–Crippen MR) is 112 cm³/mol. The predicted octanol–water partition coefficient (Wildman–Crippen LogP) is 4.56. The number of hydrogen-bond acceptors (Lipinski definition) is 4. The third-order valence-electron chi connectivity index (χ3n) is 5.29. The standard InChI is InChI=1S/C23H26N2O3/c1-4-28-23-13-19-15(11-22(23)27-3)9-10-24-20(19)7-5-16-14-25-21-8-6-17(26-2)12-18(16)21/h6,8,11-14,25H,4-5,7,9-10H2,1-3H3. The van der Waals surface area contributed by atoms with E-state index in [4.69, 9.17) is 19.2 Å². The van der Waals surface area contributed by atoms with Gasteiger partial charge in [0, 0.05) is 34.9 Å². The Hall–Kier alpha value is -2.95. The van der Waals surface area contributed by atoms with Crippen molar-refractivity contribution < 1.29 is 14.2 Å². The van der Waals surface area contributed by atoms with Crippen LogP contribution in [0.2, 0.25) is 0 Å². The Bertz CT molecular complexity index is 1020. The molecule has 1 aliphatic rings. The second kappa shape index (κ2) is 7.97. The molecule has 0 aliphatic carbocycles. The molecule has 3 aromatic rings. The summed E-state index contributed by atoms with van der Waals surface area (Å²) in [5.41, 5.74) is 6.02. The number of nitrogens with zero attached hydrogens (tertiary/aromatic N) is 1. The number of nitrogens with one attached hydrogen (secondary N) is 1. The molecule has 28 heavy (non-hydrogen) atoms. The highest BCUT2D eigenvalue weighted by atomic mass is 16.5. The molecule has 0 fully saturated rings. The first-order valence-electron chi connectivity index (χ1n) is 9.75. The van der Waals surface area contributed by atoms with Gasteiger partial charge in [-0.1, -0.05) is 0 Å². The van der Waals surface area contributed by atoms with Gasteiger partial charge in [-0.15, -0.1) is 0 Å². The van der Waals surface area contributed by atoms with Crippen LogP contribution in [-0.2, 0) is 12.8 Å². The third-order valence-corrected chi connectivity index (χ3v) is 5.29. The van der Waals surface area contributed by atoms with Gasteiger partial charge in [0.15, 0.2) is 11.5 Å². The van der Waals surface area contributed by atoms with E-state index >= 15 is 0 Å². The largest absolute Gasteiger partial charge is 0.497 e. The Balaban J connectivity index is 1.60. The SMILES string of the molecule is CCOc1cc2c(cc1OC)CCN=C2CCc1c[nH]c2ccc(OC)cc12. The van der Waals surface area contributed by atoms with Crippen LogP contribution in [0.25, 0.3) is 10.9 Å². The fourth-order valence-corrected chi connectivity index (χ4v) is 3.86. The fourth-order valence-electron chi connectivity index (χ4n) is 3.86. The van der Waals surface area contributed by atoms with E-state index in [9.17, 15) is 0 Å². The maximum Gasteiger partial charge on any atom is 0.161 e. The smallest absolute Gasteiger partial charge is 0.161 e. The van der Waals surface area contributed by atoms with Crippen molar-refractivity contribution >= 4 is 16.6 Å². The first kappa shape index (κ1) is 18.4. The summed E-state index contributed by atoms with van der Waals surface area (Å²) in [6.45, 7) is 3.42. The lowest BCUT2D eigenvalue weighted by atomic mass is 9.93. The average Bonchev–Trinajstić information content (AvgIpc) is 3.14. The van der Waals surface area contributed by atoms with Crippen molar-refractivity contribution in [1.29, 1.82) is 0 Å². The normalized spacial score (nSPS) is 13.2. The molecule has 1 aromatic heterocycles. The summed E-state index contributed by atoms with van der Waals surface area (Å²) in [6.07, 6.45) is 4.83. The van der Waals surface area contributed by atoms with Gasteiger partial charge in [-0.3, -0.25) is 4.99 Å². The number of H-pyrrole nitrogens is 1. The van der Waals surface area contributed by atoms with E-state index < -0.39 is 0 Å². The van der Waals surface area contributed by atoms with E-state index in [1.165, 1.54) is 22.1 Å². The monoisotopic (exact) mass is 378 g/mol. The zero-order valence-corrected chi connectivity index (χ0v) is 16.7. The van der Waals surface area contributed by atoms with Crippen molar-refractivity contribution in [2.75, 3.05) is 27.4 Å². The van der Waals surface area contributed by atoms with E-state index in [1.807, 2.05) is 13.0 Å². The summed E-state index contributed by atoms with van der Waals surface area (Å²) in [4.78, 5) is 8.18. The van der Waals surface area contributed by atoms with Crippen molar-refractivity contribution in [2.45, 2.75) is 26.2 Å². The first-order chi connectivity index (χ1) is 13.7. The molecule has 2 aromatic carbocycles. The minimum Gasteiger partial charge on any atom is -0.497 e. The number of hydrogen-bond donors (Lipinski definition) is 1. The van der Waals surface area contributed by atoms with E-state index in [1.54, 1.807) is 14.2 Å². The molecule has 2 heterocycles. The summed E-state index contributed by atoms with van der Waals surface area (Å²) in [5, 5.41) is 1.21. The third kappa shape index (κ3) is 3.44. The Morgan fingerprint density at radius 3 is 2.71 bits per heavy atom. The van der Waals surface area contributed by atoms with Crippen molar-refractivity contribution in [3.05, 3.63) is 53.2 Å². The lowest BCUT2D eigenvalue weighted by Gasteiger charge is -2.20. The van der Waals surface area contributed by atoms with E-state index in [2.05, 4.69) is 35.4 Å². The zero-order valence-electron chi connectivity index (χ0n) is 16.7. The van der Waals surface area contributed by atoms with E-state index in [-0.39, 0.29) is 0 Å². The van der Waals surface area contributed by atoms with Gasteiger partial charge in [0.1, 0.15) is 5.75 Å². The topological polar surface area (TPSA) is 55.8 Å². The molecule has 0 radical (unpaired) electrons. The van der Waals surface area contributed by atoms with Crippen LogP contribution in [0.4, 0.5) is 0 Å². The number of fused-ring (bicyclic) bond motifs is 2. The van der Waals surface area contributed by atoms with Gasteiger partial charge in [-0.25, -0.2) is 0 Å². The number of aromatic amines is 1. The number of aromatic nitrogens is 1. The maximum absolute atomic E-state index is 5.78. The molecule has 4 rings (SSSR count). The molecule has 0 amide bonds. The van der Waals surface area contributed by atoms with Gasteiger partial charge in [-0.05, 0) is 67.6 Å². The number of rotatable bonds is 7. The number of aliphatic imine (C=N–C) groups is 1. The highest BCUT2D eigenvalue weighted by molar-refractivity contribution is 6.03. The Morgan fingerprint density at radius 2 is 1.93 bits per heavy atom. The van der Waals surface area contributed by atoms with Crippen LogP contribution >= 0.6 is 0 Å². The highest BCUT2D eigenvalue weighted by Gasteiger charge is 2.19. The Morgan fingerprint density at radius 1 is 1.04 bits per heavy atom. The van der Waals surface area contributed by atoms with Crippen LogP contribution in [0, 0.1) is 0 Å². The van der Waals surface area contributed by atoms with Crippen molar-refractivity contribution in [1.82, 2.24) is 4.98 Å². The molecule has 0 saturated carbocycles. The number of methoxy groups -OCH3 is 2. The molecule has 0 spiro atoms. The minimum absolute atomic E-state index is 0.610. The minimum atomic E-state index is 0.610. The molecular formula is C23H26N2O3. The van der Waals surface area contributed by atoms with Crippen LogP contribution in [0.1, 0.15) is 30.0 Å². The lowest BCUT2D eigenvalue weighted by molar-refractivity contribution is 0.310. The highest BCUT2D eigenvalue weighted by Crippen LogP contribution is 2.34. The summed E-state index contributed by atoms with van der Waals surface area (Å²) >= 11 is 0. The first-order valence-corrected chi connectivity index (χ1v) is 9.75. The number of aryl methyl sites for hydroxylation is 1. The van der Waals surface area contributed by atoms with Crippen LogP contribution in [-0.4, -0.2) is 38.1 Å². The Labute approximate surface area is 165 Å². The number of benzene rings is 2. The van der Waals surface area contributed by atoms with Gasteiger partial charge < -0.3 is 19.2 Å². The average molecular weight is 378 g/mol. The fraction of sp³-hybridized carbons (Fsp3) is 0.348. The molecule has 146 valence electrons. The van der Waals surface area contributed by atoms with Gasteiger partial charge in [0.25, 0.3) is 0 Å². The second-order valence-corrected chi connectivity index (χ2v) is 6.90. The summed E-state index contributed by atoms with van der Waals surface area (Å²) in [6, 6.07) is 10.3.